The molecule has 2 aromatic rings. The lowest BCUT2D eigenvalue weighted by Crippen LogP contribution is -2.36. The van der Waals surface area contributed by atoms with E-state index in [1.54, 1.807) is 21.3 Å². The van der Waals surface area contributed by atoms with Gasteiger partial charge in [-0.15, -0.1) is 24.0 Å². The van der Waals surface area contributed by atoms with Gasteiger partial charge in [0.25, 0.3) is 0 Å². The Kier molecular flexibility index (Phi) is 9.99. The van der Waals surface area contributed by atoms with Crippen molar-refractivity contribution in [2.45, 2.75) is 44.9 Å². The third kappa shape index (κ3) is 6.65. The van der Waals surface area contributed by atoms with Gasteiger partial charge in [-0.25, -0.2) is 4.98 Å². The average Bonchev–Trinajstić information content (AvgIpc) is 3.28. The average molecular weight is 526 g/mol. The molecule has 1 aliphatic rings. The van der Waals surface area contributed by atoms with Gasteiger partial charge in [0.15, 0.2) is 17.5 Å². The molecule has 30 heavy (non-hydrogen) atoms. The Hall–Kier alpha value is -2.23. The minimum atomic E-state index is 0. The molecule has 0 bridgehead atoms. The summed E-state index contributed by atoms with van der Waals surface area (Å²) in [6, 6.07) is 11.7. The van der Waals surface area contributed by atoms with Crippen LogP contribution >= 0.6 is 24.0 Å². The Bertz CT molecular complexity index is 826. The first kappa shape index (κ1) is 24.0. The number of ether oxygens (including phenoxy) is 3. The minimum Gasteiger partial charge on any atom is -0.493 e. The number of para-hydroxylation sites is 1. The first-order valence-corrected chi connectivity index (χ1v) is 10.0. The number of benzene rings is 1. The molecule has 0 atom stereocenters. The number of nitrogens with one attached hydrogen (secondary N) is 2. The quantitative estimate of drug-likeness (QED) is 0.309. The van der Waals surface area contributed by atoms with Crippen LogP contribution in [-0.4, -0.2) is 38.3 Å². The SMILES string of the molecule is CN=C(NCc1cccc(OC)n1)NCc1cccc(OC)c1OC1CCCC1.I. The van der Waals surface area contributed by atoms with Crippen LogP contribution in [0.25, 0.3) is 0 Å². The number of hydrogen-bond acceptors (Lipinski definition) is 5. The summed E-state index contributed by atoms with van der Waals surface area (Å²) in [7, 11) is 5.03. The number of nitrogens with zero attached hydrogens (tertiary/aromatic N) is 2. The van der Waals surface area contributed by atoms with Gasteiger partial charge >= 0.3 is 0 Å². The number of pyridine rings is 1. The lowest BCUT2D eigenvalue weighted by atomic mass is 10.1. The number of halogens is 1. The van der Waals surface area contributed by atoms with Crippen molar-refractivity contribution in [3.63, 3.8) is 0 Å². The van der Waals surface area contributed by atoms with E-state index < -0.39 is 0 Å². The molecule has 0 saturated heterocycles. The molecule has 1 heterocycles. The highest BCUT2D eigenvalue weighted by Gasteiger charge is 2.20. The van der Waals surface area contributed by atoms with Crippen LogP contribution in [0.4, 0.5) is 0 Å². The highest BCUT2D eigenvalue weighted by Crippen LogP contribution is 2.34. The van der Waals surface area contributed by atoms with E-state index in [1.165, 1.54) is 12.8 Å². The Morgan fingerprint density at radius 3 is 2.47 bits per heavy atom. The van der Waals surface area contributed by atoms with E-state index in [0.29, 0.717) is 24.9 Å². The van der Waals surface area contributed by atoms with Gasteiger partial charge in [0.05, 0.1) is 32.6 Å². The summed E-state index contributed by atoms with van der Waals surface area (Å²) in [6.45, 7) is 1.12. The summed E-state index contributed by atoms with van der Waals surface area (Å²) in [5.74, 6) is 2.86. The molecule has 1 saturated carbocycles. The Balaban J connectivity index is 0.00000320. The van der Waals surface area contributed by atoms with Crippen molar-refractivity contribution >= 4 is 29.9 Å². The Morgan fingerprint density at radius 2 is 1.77 bits per heavy atom. The van der Waals surface area contributed by atoms with E-state index in [9.17, 15) is 0 Å². The maximum Gasteiger partial charge on any atom is 0.213 e. The highest BCUT2D eigenvalue weighted by molar-refractivity contribution is 14.0. The van der Waals surface area contributed by atoms with Gasteiger partial charge in [-0.05, 0) is 37.8 Å². The molecule has 7 nitrogen and oxygen atoms in total. The third-order valence-corrected chi connectivity index (χ3v) is 4.96. The van der Waals surface area contributed by atoms with E-state index in [-0.39, 0.29) is 30.1 Å². The predicted octanol–water partition coefficient (Wildman–Crippen LogP) is 3.90. The molecule has 8 heteroatoms. The van der Waals surface area contributed by atoms with Crippen LogP contribution in [0.2, 0.25) is 0 Å². The summed E-state index contributed by atoms with van der Waals surface area (Å²) in [5, 5.41) is 6.62. The predicted molar refractivity (Wildman–Crippen MR) is 129 cm³/mol. The summed E-state index contributed by atoms with van der Waals surface area (Å²) < 4.78 is 17.0. The van der Waals surface area contributed by atoms with Crippen LogP contribution in [0.5, 0.6) is 17.4 Å². The van der Waals surface area contributed by atoms with Gasteiger partial charge in [-0.1, -0.05) is 18.2 Å². The minimum absolute atomic E-state index is 0. The van der Waals surface area contributed by atoms with Crippen molar-refractivity contribution in [3.8, 4) is 17.4 Å². The summed E-state index contributed by atoms with van der Waals surface area (Å²) in [4.78, 5) is 8.71. The lowest BCUT2D eigenvalue weighted by molar-refractivity contribution is 0.198. The number of rotatable bonds is 8. The first-order valence-electron chi connectivity index (χ1n) is 10.0. The van der Waals surface area contributed by atoms with E-state index in [4.69, 9.17) is 14.2 Å². The zero-order chi connectivity index (χ0) is 20.5. The largest absolute Gasteiger partial charge is 0.493 e. The molecule has 3 rings (SSSR count). The summed E-state index contributed by atoms with van der Waals surface area (Å²) in [6.07, 6.45) is 4.91. The van der Waals surface area contributed by atoms with Crippen molar-refractivity contribution < 1.29 is 14.2 Å². The van der Waals surface area contributed by atoms with E-state index in [1.807, 2.05) is 30.3 Å². The molecule has 1 aromatic heterocycles. The summed E-state index contributed by atoms with van der Waals surface area (Å²) in [5.41, 5.74) is 1.91. The Morgan fingerprint density at radius 1 is 1.03 bits per heavy atom. The standard InChI is InChI=1S/C22H30N4O3.HI/c1-23-22(25-15-17-9-7-13-20(26-17)28-3)24-14-16-8-6-12-19(27-2)21(16)29-18-10-4-5-11-18;/h6-9,12-13,18H,4-5,10-11,14-15H2,1-3H3,(H2,23,24,25);1H. The normalized spacial score (nSPS) is 14.0. The fourth-order valence-electron chi connectivity index (χ4n) is 3.41. The van der Waals surface area contributed by atoms with Gasteiger partial charge in [-0.3, -0.25) is 4.99 Å². The fourth-order valence-corrected chi connectivity index (χ4v) is 3.41. The van der Waals surface area contributed by atoms with Crippen molar-refractivity contribution in [1.82, 2.24) is 15.6 Å². The number of aromatic nitrogens is 1. The molecule has 0 spiro atoms. The molecule has 2 N–H and O–H groups in total. The second kappa shape index (κ2) is 12.5. The van der Waals surface area contributed by atoms with Crippen LogP contribution in [0.3, 0.4) is 0 Å². The third-order valence-electron chi connectivity index (χ3n) is 4.96. The van der Waals surface area contributed by atoms with Gasteiger partial charge in [0.1, 0.15) is 0 Å². The zero-order valence-electron chi connectivity index (χ0n) is 17.8. The second-order valence-electron chi connectivity index (χ2n) is 6.92. The van der Waals surface area contributed by atoms with E-state index in [0.717, 1.165) is 35.6 Å². The topological polar surface area (TPSA) is 77.0 Å². The van der Waals surface area contributed by atoms with Crippen molar-refractivity contribution in [2.75, 3.05) is 21.3 Å². The number of hydrogen-bond donors (Lipinski definition) is 2. The fraction of sp³-hybridized carbons (Fsp3) is 0.455. The van der Waals surface area contributed by atoms with Crippen LogP contribution in [0.1, 0.15) is 36.9 Å². The molecule has 1 aromatic carbocycles. The van der Waals surface area contributed by atoms with Crippen molar-refractivity contribution in [1.29, 1.82) is 0 Å². The zero-order valence-corrected chi connectivity index (χ0v) is 20.1. The number of methoxy groups -OCH3 is 2. The molecule has 1 aliphatic carbocycles. The first-order chi connectivity index (χ1) is 14.2. The van der Waals surface area contributed by atoms with Gasteiger partial charge in [0.2, 0.25) is 5.88 Å². The van der Waals surface area contributed by atoms with Crippen molar-refractivity contribution in [3.05, 3.63) is 47.7 Å². The van der Waals surface area contributed by atoms with Crippen LogP contribution in [0.15, 0.2) is 41.4 Å². The maximum atomic E-state index is 6.30. The molecule has 0 amide bonds. The van der Waals surface area contributed by atoms with Crippen LogP contribution in [0, 0.1) is 0 Å². The van der Waals surface area contributed by atoms with E-state index >= 15 is 0 Å². The number of aliphatic imine (C=N–C) groups is 1. The van der Waals surface area contributed by atoms with Gasteiger partial charge in [-0.2, -0.15) is 0 Å². The Labute approximate surface area is 195 Å². The van der Waals surface area contributed by atoms with Crippen LogP contribution in [-0.2, 0) is 13.1 Å². The smallest absolute Gasteiger partial charge is 0.213 e. The molecular weight excluding hydrogens is 495 g/mol. The number of guanidine groups is 1. The molecule has 1 fully saturated rings. The molecule has 0 radical (unpaired) electrons. The molecule has 0 aliphatic heterocycles. The van der Waals surface area contributed by atoms with Gasteiger partial charge in [0, 0.05) is 25.2 Å². The van der Waals surface area contributed by atoms with Crippen molar-refractivity contribution in [2.24, 2.45) is 4.99 Å². The van der Waals surface area contributed by atoms with Gasteiger partial charge < -0.3 is 24.8 Å². The molecule has 0 unspecified atom stereocenters. The second-order valence-corrected chi connectivity index (χ2v) is 6.92. The monoisotopic (exact) mass is 526 g/mol. The lowest BCUT2D eigenvalue weighted by Gasteiger charge is -2.20. The van der Waals surface area contributed by atoms with Crippen LogP contribution < -0.4 is 24.8 Å². The molecule has 164 valence electrons. The van der Waals surface area contributed by atoms with E-state index in [2.05, 4.69) is 26.7 Å². The maximum absolute atomic E-state index is 6.30. The summed E-state index contributed by atoms with van der Waals surface area (Å²) >= 11 is 0. The molecular formula is C22H31IN4O3. The highest BCUT2D eigenvalue weighted by atomic mass is 127.